The van der Waals surface area contributed by atoms with E-state index in [2.05, 4.69) is 125 Å². The SMILES string of the molecule is CCCC(C)c1cc2c(cc1-c1ccccc1)Cc1c-2cc(C(C)CCC)c(-c2ccccc2)[c]1[Zr+2]([C]1=CC=CC1)=[C](Cc1ccc(F)cc1)Cc1ccc(F)cc1.[Cl-].[Cl-]. The van der Waals surface area contributed by atoms with Crippen molar-refractivity contribution >= 4 is 6.48 Å². The summed E-state index contributed by atoms with van der Waals surface area (Å²) in [5.74, 6) is 0.372. The van der Waals surface area contributed by atoms with E-state index in [0.717, 1.165) is 62.5 Å². The number of benzene rings is 6. The number of fused-ring (bicyclic) bond motifs is 3. The van der Waals surface area contributed by atoms with Crippen molar-refractivity contribution in [3.05, 3.63) is 194 Å². The summed E-state index contributed by atoms with van der Waals surface area (Å²) in [6.45, 7) is 9.45. The van der Waals surface area contributed by atoms with Crippen LogP contribution in [-0.2, 0) is 40.5 Å². The second kappa shape index (κ2) is 20.7. The maximum atomic E-state index is 14.4. The normalized spacial score (nSPS) is 13.2. The Morgan fingerprint density at radius 2 is 1.15 bits per heavy atom. The van der Waals surface area contributed by atoms with Gasteiger partial charge in [0.05, 0.1) is 0 Å². The summed E-state index contributed by atoms with van der Waals surface area (Å²) >= 11 is -3.08. The molecule has 5 heteroatoms. The van der Waals surface area contributed by atoms with E-state index in [9.17, 15) is 8.78 Å². The first-order valence-electron chi connectivity index (χ1n) is 21.4. The van der Waals surface area contributed by atoms with Crippen LogP contribution in [0.1, 0.15) is 105 Å². The van der Waals surface area contributed by atoms with Crippen LogP contribution in [0.4, 0.5) is 8.78 Å². The third kappa shape index (κ3) is 9.71. The van der Waals surface area contributed by atoms with Gasteiger partial charge in [-0.05, 0) is 0 Å². The van der Waals surface area contributed by atoms with E-state index in [1.165, 1.54) is 58.8 Å². The van der Waals surface area contributed by atoms with Crippen LogP contribution < -0.4 is 28.1 Å². The van der Waals surface area contributed by atoms with Crippen molar-refractivity contribution in [3.63, 3.8) is 0 Å². The molecule has 0 aromatic heterocycles. The van der Waals surface area contributed by atoms with Crippen LogP contribution in [-0.4, -0.2) is 3.21 Å². The van der Waals surface area contributed by atoms with Crippen molar-refractivity contribution in [2.75, 3.05) is 0 Å². The fourth-order valence-corrected chi connectivity index (χ4v) is 18.3. The summed E-state index contributed by atoms with van der Waals surface area (Å²) < 4.78 is 33.5. The Kier molecular flexibility index (Phi) is 15.7. The molecular weight excluding hydrogens is 861 g/mol. The van der Waals surface area contributed by atoms with E-state index >= 15 is 0 Å². The molecule has 0 saturated carbocycles. The Hall–Kier alpha value is -4.01. The molecular formula is C55H54Cl2F2Zr. The molecule has 2 unspecified atom stereocenters. The number of allylic oxidation sites excluding steroid dienone is 4. The first-order valence-corrected chi connectivity index (χ1v) is 25.1. The van der Waals surface area contributed by atoms with Crippen LogP contribution in [0.3, 0.4) is 0 Å². The molecule has 0 radical (unpaired) electrons. The van der Waals surface area contributed by atoms with Crippen LogP contribution in [0.5, 0.6) is 0 Å². The first-order chi connectivity index (χ1) is 28.3. The Balaban J connectivity index is 0.00000302. The zero-order valence-electron chi connectivity index (χ0n) is 35.2. The molecule has 8 rings (SSSR count). The van der Waals surface area contributed by atoms with Gasteiger partial charge in [-0.2, -0.15) is 0 Å². The predicted molar refractivity (Wildman–Crippen MR) is 239 cm³/mol. The molecule has 2 aliphatic carbocycles. The molecule has 0 aliphatic heterocycles. The van der Waals surface area contributed by atoms with Gasteiger partial charge in [0.2, 0.25) is 0 Å². The average molecular weight is 915 g/mol. The minimum atomic E-state index is -3.08. The van der Waals surface area contributed by atoms with Gasteiger partial charge in [-0.15, -0.1) is 0 Å². The topological polar surface area (TPSA) is 0 Å². The van der Waals surface area contributed by atoms with Crippen molar-refractivity contribution in [1.82, 2.24) is 0 Å². The molecule has 0 fully saturated rings. The smallest absolute Gasteiger partial charge is 1.00 e. The van der Waals surface area contributed by atoms with Gasteiger partial charge in [-0.25, -0.2) is 0 Å². The van der Waals surface area contributed by atoms with Crippen LogP contribution >= 0.6 is 0 Å². The second-order valence-corrected chi connectivity index (χ2v) is 22.9. The van der Waals surface area contributed by atoms with Crippen molar-refractivity contribution < 1.29 is 54.9 Å². The van der Waals surface area contributed by atoms with Gasteiger partial charge in [0.15, 0.2) is 0 Å². The van der Waals surface area contributed by atoms with E-state index in [0.29, 0.717) is 11.8 Å². The monoisotopic (exact) mass is 912 g/mol. The standard InChI is InChI=1S/C35H37.C15H12F2.C5H5.2ClH.Zr/c1-5-13-24(3)30-22-34-28(20-32(30)26-15-9-7-10-16-26)19-29-21-33(27-17-11-8-12-18-27)31(23-35(29)34)25(4)14-6-2;16-14-8-4-12(5-9-14)2-1-3-13-6-10-15(17)11-7-13;1-2-4-5-3-1;;;/h7-12,15-18,20,22-25H,5-6,13-14,19H2,1-4H3;4-11H,2-3H2;1-3H,4H2;2*1H;/q;;;;;+2/p-2. The van der Waals surface area contributed by atoms with Gasteiger partial charge in [-0.3, -0.25) is 0 Å². The number of halogens is 4. The second-order valence-electron chi connectivity index (χ2n) is 16.5. The summed E-state index contributed by atoms with van der Waals surface area (Å²) in [6, 6.07) is 44.1. The molecule has 6 aromatic carbocycles. The summed E-state index contributed by atoms with van der Waals surface area (Å²) in [6.07, 6.45) is 14.9. The molecule has 60 heavy (non-hydrogen) atoms. The fourth-order valence-electron chi connectivity index (χ4n) is 9.58. The molecule has 0 nitrogen and oxygen atoms in total. The fraction of sp³-hybridized carbons (Fsp3) is 0.255. The van der Waals surface area contributed by atoms with E-state index in [4.69, 9.17) is 0 Å². The molecule has 0 spiro atoms. The Morgan fingerprint density at radius 3 is 1.68 bits per heavy atom. The van der Waals surface area contributed by atoms with Gasteiger partial charge in [-0.1, -0.05) is 0 Å². The Bertz CT molecular complexity index is 2450. The average Bonchev–Trinajstić information content (AvgIpc) is 3.91. The first kappa shape index (κ1) is 45.5. The van der Waals surface area contributed by atoms with E-state index in [1.54, 1.807) is 30.8 Å². The molecule has 0 heterocycles. The predicted octanol–water partition coefficient (Wildman–Crippen LogP) is 8.43. The minimum Gasteiger partial charge on any atom is -1.00 e. The number of rotatable bonds is 14. The van der Waals surface area contributed by atoms with Crippen molar-refractivity contribution in [2.45, 2.75) is 90.9 Å². The van der Waals surface area contributed by atoms with Crippen LogP contribution in [0.2, 0.25) is 0 Å². The quantitative estimate of drug-likeness (QED) is 0.103. The maximum absolute atomic E-state index is 14.4. The van der Waals surface area contributed by atoms with Gasteiger partial charge in [0, 0.05) is 0 Å². The molecule has 0 amide bonds. The van der Waals surface area contributed by atoms with Crippen LogP contribution in [0, 0.1) is 11.6 Å². The molecule has 0 saturated heterocycles. The van der Waals surface area contributed by atoms with E-state index < -0.39 is 21.3 Å². The van der Waals surface area contributed by atoms with Gasteiger partial charge < -0.3 is 24.8 Å². The van der Waals surface area contributed by atoms with Crippen LogP contribution in [0.25, 0.3) is 33.4 Å². The van der Waals surface area contributed by atoms with Gasteiger partial charge in [0.1, 0.15) is 0 Å². The van der Waals surface area contributed by atoms with Crippen molar-refractivity contribution in [1.29, 1.82) is 0 Å². The summed E-state index contributed by atoms with van der Waals surface area (Å²) in [4.78, 5) is 0. The molecule has 0 bridgehead atoms. The Labute approximate surface area is 376 Å². The molecule has 0 N–H and O–H groups in total. The van der Waals surface area contributed by atoms with Gasteiger partial charge >= 0.3 is 355 Å². The molecule has 2 atom stereocenters. The number of hydrogen-bond donors (Lipinski definition) is 0. The molecule has 306 valence electrons. The Morgan fingerprint density at radius 1 is 0.617 bits per heavy atom. The molecule has 6 aromatic rings. The third-order valence-corrected chi connectivity index (χ3v) is 20.1. The van der Waals surface area contributed by atoms with E-state index in [1.807, 2.05) is 24.3 Å². The zero-order valence-corrected chi connectivity index (χ0v) is 39.1. The summed E-state index contributed by atoms with van der Waals surface area (Å²) in [5, 5.41) is 0. The van der Waals surface area contributed by atoms with Crippen LogP contribution in [0.15, 0.2) is 149 Å². The summed E-state index contributed by atoms with van der Waals surface area (Å²) in [5.41, 5.74) is 16.3. The van der Waals surface area contributed by atoms with Gasteiger partial charge in [0.25, 0.3) is 0 Å². The van der Waals surface area contributed by atoms with Crippen molar-refractivity contribution in [3.8, 4) is 33.4 Å². The largest absolute Gasteiger partial charge is 1.00 e. The van der Waals surface area contributed by atoms with E-state index in [-0.39, 0.29) is 36.4 Å². The molecule has 2 aliphatic rings. The minimum absolute atomic E-state index is 0. The summed E-state index contributed by atoms with van der Waals surface area (Å²) in [7, 11) is 0. The number of hydrogen-bond acceptors (Lipinski definition) is 0. The van der Waals surface area contributed by atoms with Crippen molar-refractivity contribution in [2.24, 2.45) is 0 Å². The third-order valence-electron chi connectivity index (χ3n) is 12.4. The maximum Gasteiger partial charge on any atom is -1.00 e. The zero-order chi connectivity index (χ0) is 40.2.